The maximum absolute atomic E-state index is 10.1. The number of thiophene rings is 1. The van der Waals surface area contributed by atoms with E-state index in [4.69, 9.17) is 16.2 Å². The van der Waals surface area contributed by atoms with Gasteiger partial charge in [-0.1, -0.05) is 0 Å². The third kappa shape index (κ3) is 3.06. The first kappa shape index (κ1) is 10.5. The Bertz CT molecular complexity index is 348. The van der Waals surface area contributed by atoms with Gasteiger partial charge in [0.25, 0.3) is 0 Å². The van der Waals surface area contributed by atoms with Crippen LogP contribution in [-0.4, -0.2) is 23.6 Å². The highest BCUT2D eigenvalue weighted by molar-refractivity contribution is 7.10. The molecule has 0 aliphatic heterocycles. The second-order valence-corrected chi connectivity index (χ2v) is 3.69. The van der Waals surface area contributed by atoms with Gasteiger partial charge in [0, 0.05) is 22.4 Å². The topological polar surface area (TPSA) is 99.2 Å². The Balaban J connectivity index is 2.44. The molecule has 0 bridgehead atoms. The quantitative estimate of drug-likeness (QED) is 0.440. The Labute approximate surface area is 85.1 Å². The lowest BCUT2D eigenvalue weighted by Crippen LogP contribution is -2.22. The lowest BCUT2D eigenvalue weighted by Gasteiger charge is -1.97. The normalized spacial score (nSPS) is 9.71. The molecule has 0 aromatic carbocycles. The van der Waals surface area contributed by atoms with Crippen molar-refractivity contribution in [2.45, 2.75) is 6.42 Å². The van der Waals surface area contributed by atoms with E-state index in [2.05, 4.69) is 5.32 Å². The van der Waals surface area contributed by atoms with Crippen molar-refractivity contribution in [3.8, 4) is 0 Å². The van der Waals surface area contributed by atoms with Gasteiger partial charge in [0.2, 0.25) is 0 Å². The third-order valence-corrected chi connectivity index (χ3v) is 2.61. The van der Waals surface area contributed by atoms with Crippen LogP contribution in [0, 0.1) is 5.41 Å². The molecule has 0 aliphatic carbocycles. The molecule has 1 amide bonds. The molecule has 0 saturated heterocycles. The number of nitrogens with one attached hydrogen (secondary N) is 2. The van der Waals surface area contributed by atoms with Crippen LogP contribution in [0.2, 0.25) is 0 Å². The van der Waals surface area contributed by atoms with E-state index >= 15 is 0 Å². The van der Waals surface area contributed by atoms with Gasteiger partial charge in [-0.05, 0) is 12.5 Å². The number of amides is 1. The molecule has 0 radical (unpaired) electrons. The first-order valence-electron chi connectivity index (χ1n) is 3.98. The van der Waals surface area contributed by atoms with Crippen molar-refractivity contribution in [2.75, 3.05) is 6.54 Å². The minimum atomic E-state index is -1.02. The number of hydrogen-bond donors (Lipinski definition) is 4. The summed E-state index contributed by atoms with van der Waals surface area (Å²) in [6.07, 6.45) is -0.391. The van der Waals surface area contributed by atoms with Gasteiger partial charge in [0.05, 0.1) is 0 Å². The summed E-state index contributed by atoms with van der Waals surface area (Å²) in [5.74, 6) is 0.0405. The molecule has 0 spiro atoms. The van der Waals surface area contributed by atoms with Crippen molar-refractivity contribution in [1.82, 2.24) is 5.32 Å². The minimum absolute atomic E-state index is 0.0405. The van der Waals surface area contributed by atoms with E-state index in [9.17, 15) is 4.79 Å². The fourth-order valence-corrected chi connectivity index (χ4v) is 1.83. The van der Waals surface area contributed by atoms with E-state index in [1.807, 2.05) is 0 Å². The van der Waals surface area contributed by atoms with Gasteiger partial charge < -0.3 is 16.2 Å². The molecule has 76 valence electrons. The number of nitrogen functional groups attached to an aromatic ring is 1. The summed E-state index contributed by atoms with van der Waals surface area (Å²) in [4.78, 5) is 11.2. The maximum atomic E-state index is 10.1. The summed E-state index contributed by atoms with van der Waals surface area (Å²) in [5.41, 5.74) is 5.98. The van der Waals surface area contributed by atoms with Crippen LogP contribution in [0.1, 0.15) is 10.4 Å². The first-order chi connectivity index (χ1) is 6.59. The molecule has 0 fully saturated rings. The summed E-state index contributed by atoms with van der Waals surface area (Å²) >= 11 is 1.48. The van der Waals surface area contributed by atoms with Crippen LogP contribution in [0.25, 0.3) is 0 Å². The Morgan fingerprint density at radius 3 is 2.93 bits per heavy atom. The molecule has 1 aromatic rings. The maximum Gasteiger partial charge on any atom is 0.404 e. The standard InChI is InChI=1S/C8H11N3O2S/c9-7(10)5-3-6(14-4-5)1-2-11-8(12)13/h3-4,11H,1-2H2,(H3,9,10)(H,12,13). The highest BCUT2D eigenvalue weighted by Crippen LogP contribution is 2.14. The van der Waals surface area contributed by atoms with E-state index in [0.717, 1.165) is 4.88 Å². The highest BCUT2D eigenvalue weighted by Gasteiger charge is 2.02. The molecular formula is C8H11N3O2S. The smallest absolute Gasteiger partial charge is 0.404 e. The molecule has 0 unspecified atom stereocenters. The molecule has 14 heavy (non-hydrogen) atoms. The van der Waals surface area contributed by atoms with E-state index in [1.54, 1.807) is 11.4 Å². The Kier molecular flexibility index (Phi) is 3.47. The molecular weight excluding hydrogens is 202 g/mol. The molecule has 1 aromatic heterocycles. The molecule has 6 heteroatoms. The van der Waals surface area contributed by atoms with Crippen molar-refractivity contribution in [3.63, 3.8) is 0 Å². The second-order valence-electron chi connectivity index (χ2n) is 2.70. The molecule has 0 saturated carbocycles. The molecule has 0 atom stereocenters. The SMILES string of the molecule is N=C(N)c1csc(CCNC(=O)O)c1. The number of carbonyl (C=O) groups is 1. The molecule has 5 N–H and O–H groups in total. The van der Waals surface area contributed by atoms with Crippen LogP contribution in [0.3, 0.4) is 0 Å². The predicted octanol–water partition coefficient (Wildman–Crippen LogP) is 0.842. The van der Waals surface area contributed by atoms with Gasteiger partial charge in [0.1, 0.15) is 5.84 Å². The van der Waals surface area contributed by atoms with Gasteiger partial charge in [0.15, 0.2) is 0 Å². The number of nitrogens with two attached hydrogens (primary N) is 1. The lowest BCUT2D eigenvalue weighted by molar-refractivity contribution is 0.194. The highest BCUT2D eigenvalue weighted by atomic mass is 32.1. The predicted molar refractivity (Wildman–Crippen MR) is 55.1 cm³/mol. The molecule has 0 aliphatic rings. The van der Waals surface area contributed by atoms with Gasteiger partial charge in [-0.15, -0.1) is 11.3 Å². The summed E-state index contributed by atoms with van der Waals surface area (Å²) in [7, 11) is 0. The average Bonchev–Trinajstić information content (AvgIpc) is 2.52. The lowest BCUT2D eigenvalue weighted by atomic mass is 10.2. The zero-order chi connectivity index (χ0) is 10.6. The number of hydrogen-bond acceptors (Lipinski definition) is 3. The fourth-order valence-electron chi connectivity index (χ4n) is 0.946. The number of carboxylic acid groups (broad SMARTS) is 1. The van der Waals surface area contributed by atoms with Crippen LogP contribution in [0.15, 0.2) is 11.4 Å². The summed E-state index contributed by atoms with van der Waals surface area (Å²) in [6.45, 7) is 0.382. The summed E-state index contributed by atoms with van der Waals surface area (Å²) in [6, 6.07) is 1.80. The van der Waals surface area contributed by atoms with Crippen molar-refractivity contribution < 1.29 is 9.90 Å². The number of amidine groups is 1. The molecule has 5 nitrogen and oxygen atoms in total. The van der Waals surface area contributed by atoms with Crippen LogP contribution >= 0.6 is 11.3 Å². The van der Waals surface area contributed by atoms with E-state index < -0.39 is 6.09 Å². The monoisotopic (exact) mass is 213 g/mol. The van der Waals surface area contributed by atoms with Crippen LogP contribution in [0.4, 0.5) is 4.79 Å². The molecule has 1 rings (SSSR count). The Hall–Kier alpha value is -1.56. The zero-order valence-electron chi connectivity index (χ0n) is 7.41. The minimum Gasteiger partial charge on any atom is -0.465 e. The first-order valence-corrected chi connectivity index (χ1v) is 4.86. The van der Waals surface area contributed by atoms with E-state index in [-0.39, 0.29) is 5.84 Å². The van der Waals surface area contributed by atoms with Crippen molar-refractivity contribution >= 4 is 23.3 Å². The molecule has 1 heterocycles. The van der Waals surface area contributed by atoms with Gasteiger partial charge in [-0.3, -0.25) is 5.41 Å². The average molecular weight is 213 g/mol. The summed E-state index contributed by atoms with van der Waals surface area (Å²) < 4.78 is 0. The largest absolute Gasteiger partial charge is 0.465 e. The van der Waals surface area contributed by atoms with E-state index in [0.29, 0.717) is 18.5 Å². The Morgan fingerprint density at radius 1 is 1.71 bits per heavy atom. The van der Waals surface area contributed by atoms with Gasteiger partial charge in [-0.25, -0.2) is 4.79 Å². The third-order valence-electron chi connectivity index (χ3n) is 1.61. The van der Waals surface area contributed by atoms with Crippen LogP contribution in [-0.2, 0) is 6.42 Å². The van der Waals surface area contributed by atoms with Crippen molar-refractivity contribution in [2.24, 2.45) is 5.73 Å². The Morgan fingerprint density at radius 2 is 2.43 bits per heavy atom. The van der Waals surface area contributed by atoms with Gasteiger partial charge in [-0.2, -0.15) is 0 Å². The van der Waals surface area contributed by atoms with Crippen molar-refractivity contribution in [1.29, 1.82) is 5.41 Å². The summed E-state index contributed by atoms with van der Waals surface area (Å²) in [5, 5.41) is 19.6. The fraction of sp³-hybridized carbons (Fsp3) is 0.250. The van der Waals surface area contributed by atoms with Crippen LogP contribution in [0.5, 0.6) is 0 Å². The number of rotatable bonds is 4. The zero-order valence-corrected chi connectivity index (χ0v) is 8.23. The van der Waals surface area contributed by atoms with Crippen molar-refractivity contribution in [3.05, 3.63) is 21.9 Å². The van der Waals surface area contributed by atoms with E-state index in [1.165, 1.54) is 11.3 Å². The van der Waals surface area contributed by atoms with Gasteiger partial charge >= 0.3 is 6.09 Å². The van der Waals surface area contributed by atoms with Crippen LogP contribution < -0.4 is 11.1 Å². The second kappa shape index (κ2) is 4.61.